The Hall–Kier alpha value is -2.78. The van der Waals surface area contributed by atoms with E-state index in [0.717, 1.165) is 12.1 Å². The van der Waals surface area contributed by atoms with E-state index in [0.29, 0.717) is 31.3 Å². The number of amides is 1. The molecule has 0 atom stereocenters. The SMILES string of the molecule is N#Cc1ccc(C(F)(F)F)nc1N1CCN(CC(=O)Nc2nncs2)CC1. The molecule has 12 heteroatoms. The molecule has 2 aromatic rings. The van der Waals surface area contributed by atoms with Crippen LogP contribution in [0.3, 0.4) is 0 Å². The monoisotopic (exact) mass is 397 g/mol. The number of alkyl halides is 3. The van der Waals surface area contributed by atoms with Crippen molar-refractivity contribution in [1.82, 2.24) is 20.1 Å². The molecule has 0 bridgehead atoms. The van der Waals surface area contributed by atoms with Gasteiger partial charge in [0.2, 0.25) is 11.0 Å². The van der Waals surface area contributed by atoms with Crippen LogP contribution < -0.4 is 10.2 Å². The van der Waals surface area contributed by atoms with E-state index in [1.807, 2.05) is 11.0 Å². The van der Waals surface area contributed by atoms with Gasteiger partial charge in [0.25, 0.3) is 0 Å². The quantitative estimate of drug-likeness (QED) is 0.836. The molecule has 0 unspecified atom stereocenters. The molecule has 1 saturated heterocycles. The molecule has 1 amide bonds. The zero-order valence-electron chi connectivity index (χ0n) is 13.9. The van der Waals surface area contributed by atoms with Crippen LogP contribution in [0.2, 0.25) is 0 Å². The van der Waals surface area contributed by atoms with Crippen LogP contribution in [-0.4, -0.2) is 58.7 Å². The molecule has 0 spiro atoms. The minimum atomic E-state index is -4.58. The number of hydrogen-bond donors (Lipinski definition) is 1. The van der Waals surface area contributed by atoms with Gasteiger partial charge in [-0.1, -0.05) is 11.3 Å². The van der Waals surface area contributed by atoms with Crippen molar-refractivity contribution in [3.05, 3.63) is 28.9 Å². The van der Waals surface area contributed by atoms with Crippen LogP contribution in [0.15, 0.2) is 17.6 Å². The van der Waals surface area contributed by atoms with Gasteiger partial charge in [-0.25, -0.2) is 4.98 Å². The molecule has 1 aliphatic rings. The zero-order chi connectivity index (χ0) is 19.4. The number of piperazine rings is 1. The largest absolute Gasteiger partial charge is 0.433 e. The smallest absolute Gasteiger partial charge is 0.353 e. The van der Waals surface area contributed by atoms with E-state index in [4.69, 9.17) is 5.26 Å². The second-order valence-corrected chi connectivity index (χ2v) is 6.57. The van der Waals surface area contributed by atoms with Crippen molar-refractivity contribution in [2.45, 2.75) is 6.18 Å². The molecule has 1 fully saturated rings. The van der Waals surface area contributed by atoms with E-state index in [1.54, 1.807) is 4.90 Å². The van der Waals surface area contributed by atoms with Gasteiger partial charge in [-0.15, -0.1) is 10.2 Å². The second-order valence-electron chi connectivity index (χ2n) is 5.73. The molecular weight excluding hydrogens is 383 g/mol. The highest BCUT2D eigenvalue weighted by molar-refractivity contribution is 7.13. The fraction of sp³-hybridized carbons (Fsp3) is 0.400. The molecule has 1 aliphatic heterocycles. The molecule has 2 aromatic heterocycles. The van der Waals surface area contributed by atoms with E-state index in [-0.39, 0.29) is 23.8 Å². The normalized spacial score (nSPS) is 15.4. The van der Waals surface area contributed by atoms with Crippen LogP contribution in [0, 0.1) is 11.3 Å². The lowest BCUT2D eigenvalue weighted by atomic mass is 10.2. The summed E-state index contributed by atoms with van der Waals surface area (Å²) in [6, 6.07) is 3.81. The van der Waals surface area contributed by atoms with Gasteiger partial charge >= 0.3 is 6.18 Å². The van der Waals surface area contributed by atoms with Crippen molar-refractivity contribution in [3.8, 4) is 6.07 Å². The fourth-order valence-corrected chi connectivity index (χ4v) is 3.10. The van der Waals surface area contributed by atoms with Crippen molar-refractivity contribution in [2.24, 2.45) is 0 Å². The molecule has 0 saturated carbocycles. The lowest BCUT2D eigenvalue weighted by molar-refractivity contribution is -0.141. The maximum Gasteiger partial charge on any atom is 0.433 e. The Morgan fingerprint density at radius 3 is 2.63 bits per heavy atom. The topological polar surface area (TPSA) is 98.0 Å². The predicted molar refractivity (Wildman–Crippen MR) is 91.1 cm³/mol. The molecule has 8 nitrogen and oxygen atoms in total. The van der Waals surface area contributed by atoms with Gasteiger partial charge in [-0.3, -0.25) is 15.0 Å². The van der Waals surface area contributed by atoms with Crippen LogP contribution in [0.5, 0.6) is 0 Å². The number of pyridine rings is 1. The first-order valence-electron chi connectivity index (χ1n) is 7.88. The average Bonchev–Trinajstić information content (AvgIpc) is 3.14. The Balaban J connectivity index is 1.62. The van der Waals surface area contributed by atoms with Gasteiger partial charge in [0, 0.05) is 26.2 Å². The third-order valence-electron chi connectivity index (χ3n) is 3.93. The Bertz CT molecular complexity index is 842. The van der Waals surface area contributed by atoms with Crippen LogP contribution in [0.25, 0.3) is 0 Å². The van der Waals surface area contributed by atoms with Gasteiger partial charge in [-0.2, -0.15) is 18.4 Å². The number of rotatable bonds is 4. The number of anilines is 2. The van der Waals surface area contributed by atoms with Gasteiger partial charge in [0.05, 0.1) is 12.1 Å². The fourth-order valence-electron chi connectivity index (χ4n) is 2.64. The number of halogens is 3. The van der Waals surface area contributed by atoms with Gasteiger partial charge < -0.3 is 4.90 Å². The van der Waals surface area contributed by atoms with Crippen molar-refractivity contribution in [3.63, 3.8) is 0 Å². The summed E-state index contributed by atoms with van der Waals surface area (Å²) in [6.07, 6.45) is -4.58. The number of nitriles is 1. The first-order valence-corrected chi connectivity index (χ1v) is 8.76. The van der Waals surface area contributed by atoms with E-state index in [9.17, 15) is 18.0 Å². The Morgan fingerprint density at radius 2 is 2.04 bits per heavy atom. The first kappa shape index (κ1) is 19.0. The second kappa shape index (κ2) is 7.85. The molecule has 27 heavy (non-hydrogen) atoms. The molecule has 1 N–H and O–H groups in total. The molecule has 0 radical (unpaired) electrons. The van der Waals surface area contributed by atoms with Crippen molar-refractivity contribution in [1.29, 1.82) is 5.26 Å². The van der Waals surface area contributed by atoms with Crippen molar-refractivity contribution < 1.29 is 18.0 Å². The zero-order valence-corrected chi connectivity index (χ0v) is 14.7. The van der Waals surface area contributed by atoms with Crippen LogP contribution in [0.1, 0.15) is 11.3 Å². The van der Waals surface area contributed by atoms with E-state index < -0.39 is 11.9 Å². The maximum absolute atomic E-state index is 12.9. The molecule has 142 valence electrons. The number of carbonyl (C=O) groups is 1. The van der Waals surface area contributed by atoms with Gasteiger partial charge in [0.15, 0.2) is 0 Å². The van der Waals surface area contributed by atoms with Gasteiger partial charge in [0.1, 0.15) is 23.1 Å². The highest BCUT2D eigenvalue weighted by Gasteiger charge is 2.34. The minimum Gasteiger partial charge on any atom is -0.353 e. The first-order chi connectivity index (χ1) is 12.9. The number of carbonyl (C=O) groups excluding carboxylic acids is 1. The predicted octanol–water partition coefficient (Wildman–Crippen LogP) is 1.58. The Labute approximate surface area is 156 Å². The van der Waals surface area contributed by atoms with E-state index in [1.165, 1.54) is 16.8 Å². The lowest BCUT2D eigenvalue weighted by Gasteiger charge is -2.35. The Kier molecular flexibility index (Phi) is 5.52. The summed E-state index contributed by atoms with van der Waals surface area (Å²) in [4.78, 5) is 19.1. The summed E-state index contributed by atoms with van der Waals surface area (Å²) in [7, 11) is 0. The van der Waals surface area contributed by atoms with Crippen LogP contribution in [-0.2, 0) is 11.0 Å². The number of hydrogen-bond acceptors (Lipinski definition) is 8. The third-order valence-corrected chi connectivity index (χ3v) is 4.54. The van der Waals surface area contributed by atoms with E-state index >= 15 is 0 Å². The molecule has 3 rings (SSSR count). The lowest BCUT2D eigenvalue weighted by Crippen LogP contribution is -2.49. The molecule has 3 heterocycles. The highest BCUT2D eigenvalue weighted by Crippen LogP contribution is 2.30. The summed E-state index contributed by atoms with van der Waals surface area (Å²) >= 11 is 1.21. The van der Waals surface area contributed by atoms with Crippen molar-refractivity contribution in [2.75, 3.05) is 42.9 Å². The summed E-state index contributed by atoms with van der Waals surface area (Å²) in [5.41, 5.74) is 0.560. The maximum atomic E-state index is 12.9. The number of nitrogens with zero attached hydrogens (tertiary/aromatic N) is 6. The Morgan fingerprint density at radius 1 is 1.30 bits per heavy atom. The number of aromatic nitrogens is 3. The van der Waals surface area contributed by atoms with Crippen molar-refractivity contribution >= 4 is 28.2 Å². The highest BCUT2D eigenvalue weighted by atomic mass is 32.1. The minimum absolute atomic E-state index is 0.0188. The van der Waals surface area contributed by atoms with Crippen LogP contribution in [0.4, 0.5) is 24.1 Å². The molecule has 0 aromatic carbocycles. The summed E-state index contributed by atoms with van der Waals surface area (Å²) in [6.45, 7) is 1.75. The standard InChI is InChI=1S/C15H14F3N7OS/c16-15(17,18)11-2-1-10(7-19)13(21-11)25-5-3-24(4-6-25)8-12(26)22-14-23-20-9-27-14/h1-2,9H,3-6,8H2,(H,22,23,26). The van der Waals surface area contributed by atoms with Crippen LogP contribution >= 0.6 is 11.3 Å². The average molecular weight is 397 g/mol. The molecular formula is C15H14F3N7OS. The van der Waals surface area contributed by atoms with Gasteiger partial charge in [-0.05, 0) is 12.1 Å². The summed E-state index contributed by atoms with van der Waals surface area (Å²) in [5, 5.41) is 19.6. The van der Waals surface area contributed by atoms with E-state index in [2.05, 4.69) is 20.5 Å². The number of nitrogens with one attached hydrogen (secondary N) is 1. The summed E-state index contributed by atoms with van der Waals surface area (Å²) < 4.78 is 38.7. The molecule has 0 aliphatic carbocycles. The third kappa shape index (κ3) is 4.69. The summed E-state index contributed by atoms with van der Waals surface area (Å²) in [5.74, 6) is -0.222.